The molecule has 5 heteroatoms. The molecule has 0 spiro atoms. The summed E-state index contributed by atoms with van der Waals surface area (Å²) >= 11 is 0. The Labute approximate surface area is 109 Å². The van der Waals surface area contributed by atoms with E-state index in [1.165, 1.54) is 0 Å². The Morgan fingerprint density at radius 2 is 2.11 bits per heavy atom. The van der Waals surface area contributed by atoms with Crippen molar-refractivity contribution in [1.82, 2.24) is 15.1 Å². The molecule has 1 aromatic heterocycles. The molecule has 0 aliphatic heterocycles. The molecular weight excluding hydrogens is 228 g/mol. The molecule has 0 radical (unpaired) electrons. The van der Waals surface area contributed by atoms with Gasteiger partial charge in [0.05, 0.1) is 11.1 Å². The van der Waals surface area contributed by atoms with Crippen LogP contribution in [0, 0.1) is 12.3 Å². The maximum atomic E-state index is 12.2. The lowest BCUT2D eigenvalue weighted by atomic mass is 9.81. The number of hydrogen-bond donors (Lipinski definition) is 2. The Morgan fingerprint density at radius 3 is 2.50 bits per heavy atom. The third-order valence-electron chi connectivity index (χ3n) is 3.78. The standard InChI is InChI=1S/C13H24N4O/c1-5-13(6-2,9-14)12(18)15-7-11-8-17(4)16-10(11)3/h8H,5-7,9,14H2,1-4H3,(H,15,18). The first-order valence-electron chi connectivity index (χ1n) is 6.46. The number of aryl methyl sites for hydroxylation is 2. The predicted molar refractivity (Wildman–Crippen MR) is 71.9 cm³/mol. The van der Waals surface area contributed by atoms with Gasteiger partial charge in [0.25, 0.3) is 0 Å². The monoisotopic (exact) mass is 252 g/mol. The molecule has 18 heavy (non-hydrogen) atoms. The van der Waals surface area contributed by atoms with Gasteiger partial charge in [-0.2, -0.15) is 5.10 Å². The molecule has 0 aromatic carbocycles. The van der Waals surface area contributed by atoms with Gasteiger partial charge in [-0.3, -0.25) is 9.48 Å². The van der Waals surface area contributed by atoms with Crippen LogP contribution in [0.5, 0.6) is 0 Å². The fraction of sp³-hybridized carbons (Fsp3) is 0.692. The summed E-state index contributed by atoms with van der Waals surface area (Å²) in [7, 11) is 1.88. The number of carbonyl (C=O) groups is 1. The molecule has 0 unspecified atom stereocenters. The molecule has 0 fully saturated rings. The molecule has 0 aliphatic rings. The molecule has 1 aromatic rings. The topological polar surface area (TPSA) is 72.9 Å². The Kier molecular flexibility index (Phi) is 4.90. The highest BCUT2D eigenvalue weighted by atomic mass is 16.2. The number of rotatable bonds is 6. The minimum atomic E-state index is -0.434. The van der Waals surface area contributed by atoms with E-state index in [4.69, 9.17) is 5.73 Å². The highest BCUT2D eigenvalue weighted by molar-refractivity contribution is 5.82. The zero-order valence-corrected chi connectivity index (χ0v) is 11.8. The summed E-state index contributed by atoms with van der Waals surface area (Å²) in [6, 6.07) is 0. The fourth-order valence-corrected chi connectivity index (χ4v) is 2.14. The van der Waals surface area contributed by atoms with Crippen LogP contribution in [-0.2, 0) is 18.4 Å². The first-order chi connectivity index (χ1) is 8.49. The van der Waals surface area contributed by atoms with Crippen molar-refractivity contribution in [3.05, 3.63) is 17.5 Å². The average molecular weight is 252 g/mol. The summed E-state index contributed by atoms with van der Waals surface area (Å²) in [5.74, 6) is 0.0400. The summed E-state index contributed by atoms with van der Waals surface area (Å²) in [5, 5.41) is 7.23. The second-order valence-corrected chi connectivity index (χ2v) is 4.79. The van der Waals surface area contributed by atoms with Crippen molar-refractivity contribution in [2.24, 2.45) is 18.2 Å². The van der Waals surface area contributed by atoms with Crippen molar-refractivity contribution in [3.63, 3.8) is 0 Å². The molecule has 0 bridgehead atoms. The van der Waals surface area contributed by atoms with Crippen LogP contribution in [0.3, 0.4) is 0 Å². The third kappa shape index (κ3) is 2.90. The molecular formula is C13H24N4O. The molecule has 0 aliphatic carbocycles. The fourth-order valence-electron chi connectivity index (χ4n) is 2.14. The minimum Gasteiger partial charge on any atom is -0.351 e. The SMILES string of the molecule is CCC(CC)(CN)C(=O)NCc1cn(C)nc1C. The molecule has 1 rings (SSSR count). The predicted octanol–water partition coefficient (Wildman–Crippen LogP) is 1.11. The third-order valence-corrected chi connectivity index (χ3v) is 3.78. The van der Waals surface area contributed by atoms with Crippen molar-refractivity contribution in [2.45, 2.75) is 40.2 Å². The normalized spacial score (nSPS) is 11.6. The maximum Gasteiger partial charge on any atom is 0.227 e. The van der Waals surface area contributed by atoms with Gasteiger partial charge in [-0.15, -0.1) is 0 Å². The van der Waals surface area contributed by atoms with Crippen LogP contribution < -0.4 is 11.1 Å². The number of nitrogens with two attached hydrogens (primary N) is 1. The van der Waals surface area contributed by atoms with E-state index in [0.29, 0.717) is 13.1 Å². The van der Waals surface area contributed by atoms with E-state index in [2.05, 4.69) is 10.4 Å². The van der Waals surface area contributed by atoms with Crippen molar-refractivity contribution < 1.29 is 4.79 Å². The van der Waals surface area contributed by atoms with Gasteiger partial charge in [0.1, 0.15) is 0 Å². The molecule has 0 atom stereocenters. The summed E-state index contributed by atoms with van der Waals surface area (Å²) in [6.07, 6.45) is 3.45. The zero-order valence-electron chi connectivity index (χ0n) is 11.8. The molecule has 0 saturated carbocycles. The number of aromatic nitrogens is 2. The van der Waals surface area contributed by atoms with E-state index in [9.17, 15) is 4.79 Å². The Morgan fingerprint density at radius 1 is 1.50 bits per heavy atom. The maximum absolute atomic E-state index is 12.2. The van der Waals surface area contributed by atoms with E-state index in [1.807, 2.05) is 34.0 Å². The van der Waals surface area contributed by atoms with Gasteiger partial charge >= 0.3 is 0 Å². The van der Waals surface area contributed by atoms with Crippen molar-refractivity contribution in [1.29, 1.82) is 0 Å². The first kappa shape index (κ1) is 14.7. The van der Waals surface area contributed by atoms with Crippen LogP contribution in [0.15, 0.2) is 6.20 Å². The lowest BCUT2D eigenvalue weighted by Crippen LogP contribution is -2.45. The van der Waals surface area contributed by atoms with Gasteiger partial charge in [-0.05, 0) is 19.8 Å². The van der Waals surface area contributed by atoms with Crippen molar-refractivity contribution >= 4 is 5.91 Å². The van der Waals surface area contributed by atoms with Gasteiger partial charge in [0.15, 0.2) is 0 Å². The van der Waals surface area contributed by atoms with E-state index in [-0.39, 0.29) is 5.91 Å². The largest absolute Gasteiger partial charge is 0.351 e. The Bertz CT molecular complexity index is 399. The molecule has 102 valence electrons. The van der Waals surface area contributed by atoms with Crippen LogP contribution in [0.1, 0.15) is 37.9 Å². The first-order valence-corrected chi connectivity index (χ1v) is 6.46. The van der Waals surface area contributed by atoms with Crippen molar-refractivity contribution in [2.75, 3.05) is 6.54 Å². The second-order valence-electron chi connectivity index (χ2n) is 4.79. The van der Waals surface area contributed by atoms with Gasteiger partial charge in [-0.1, -0.05) is 13.8 Å². The lowest BCUT2D eigenvalue weighted by molar-refractivity contribution is -0.131. The highest BCUT2D eigenvalue weighted by Gasteiger charge is 2.33. The molecule has 0 saturated heterocycles. The van der Waals surface area contributed by atoms with Crippen molar-refractivity contribution in [3.8, 4) is 0 Å². The number of amides is 1. The van der Waals surface area contributed by atoms with Crippen LogP contribution >= 0.6 is 0 Å². The van der Waals surface area contributed by atoms with Gasteiger partial charge in [0, 0.05) is 31.9 Å². The summed E-state index contributed by atoms with van der Waals surface area (Å²) < 4.78 is 1.76. The Hall–Kier alpha value is -1.36. The average Bonchev–Trinajstić information content (AvgIpc) is 2.68. The number of hydrogen-bond acceptors (Lipinski definition) is 3. The second kappa shape index (κ2) is 6.00. The van der Waals surface area contributed by atoms with E-state index >= 15 is 0 Å². The zero-order chi connectivity index (χ0) is 13.8. The minimum absolute atomic E-state index is 0.0400. The molecule has 1 heterocycles. The van der Waals surface area contributed by atoms with Crippen LogP contribution in [0.25, 0.3) is 0 Å². The van der Waals surface area contributed by atoms with E-state index in [1.54, 1.807) is 4.68 Å². The summed E-state index contributed by atoms with van der Waals surface area (Å²) in [6.45, 7) is 6.85. The number of carbonyl (C=O) groups excluding carboxylic acids is 1. The van der Waals surface area contributed by atoms with Crippen LogP contribution in [0.4, 0.5) is 0 Å². The highest BCUT2D eigenvalue weighted by Crippen LogP contribution is 2.25. The van der Waals surface area contributed by atoms with Gasteiger partial charge in [0.2, 0.25) is 5.91 Å². The lowest BCUT2D eigenvalue weighted by Gasteiger charge is -2.28. The number of nitrogens with zero attached hydrogens (tertiary/aromatic N) is 2. The van der Waals surface area contributed by atoms with Crippen LogP contribution in [0.2, 0.25) is 0 Å². The molecule has 5 nitrogen and oxygen atoms in total. The Balaban J connectivity index is 2.68. The van der Waals surface area contributed by atoms with E-state index < -0.39 is 5.41 Å². The van der Waals surface area contributed by atoms with Crippen LogP contribution in [-0.4, -0.2) is 22.2 Å². The molecule has 3 N–H and O–H groups in total. The van der Waals surface area contributed by atoms with Gasteiger partial charge < -0.3 is 11.1 Å². The molecule has 1 amide bonds. The summed E-state index contributed by atoms with van der Waals surface area (Å²) in [5.41, 5.74) is 7.31. The summed E-state index contributed by atoms with van der Waals surface area (Å²) in [4.78, 5) is 12.2. The van der Waals surface area contributed by atoms with E-state index in [0.717, 1.165) is 24.1 Å². The quantitative estimate of drug-likeness (QED) is 0.796. The smallest absolute Gasteiger partial charge is 0.227 e. The number of nitrogens with one attached hydrogen (secondary N) is 1. The van der Waals surface area contributed by atoms with Gasteiger partial charge in [-0.25, -0.2) is 0 Å².